The predicted molar refractivity (Wildman–Crippen MR) is 48.2 cm³/mol. The van der Waals surface area contributed by atoms with Gasteiger partial charge in [0.1, 0.15) is 5.75 Å². The smallest absolute Gasteiger partial charge is 0.304 e. The molecular weight excluding hydrogens is 168 g/mol. The molecule has 0 bridgehead atoms. The molecule has 0 unspecified atom stereocenters. The van der Waals surface area contributed by atoms with Crippen molar-refractivity contribution < 1.29 is 9.90 Å². The lowest BCUT2D eigenvalue weighted by molar-refractivity contribution is -0.114. The molecule has 66 valence electrons. The molecule has 0 aliphatic rings. The Bertz CT molecular complexity index is 355. The van der Waals surface area contributed by atoms with Gasteiger partial charge in [-0.2, -0.15) is 0 Å². The Labute approximate surface area is 75.6 Å². The van der Waals surface area contributed by atoms with E-state index in [1.807, 2.05) is 0 Å². The molecule has 0 atom stereocenters. The van der Waals surface area contributed by atoms with Crippen molar-refractivity contribution in [1.82, 2.24) is 0 Å². The van der Waals surface area contributed by atoms with Gasteiger partial charge in [-0.25, -0.2) is 6.57 Å². The Morgan fingerprint density at radius 2 is 2.38 bits per heavy atom. The number of phenols is 1. The Kier molecular flexibility index (Phi) is 2.87. The molecule has 0 spiro atoms. The fraction of sp³-hybridized carbons (Fsp3) is 0.111. The summed E-state index contributed by atoms with van der Waals surface area (Å²) < 4.78 is 0. The number of hydrogen-bond donors (Lipinski definition) is 2. The van der Waals surface area contributed by atoms with Crippen molar-refractivity contribution >= 4 is 11.6 Å². The van der Waals surface area contributed by atoms with Gasteiger partial charge in [-0.3, -0.25) is 4.79 Å². The first-order valence-corrected chi connectivity index (χ1v) is 3.64. The maximum absolute atomic E-state index is 10.9. The van der Waals surface area contributed by atoms with Crippen LogP contribution in [0.15, 0.2) is 24.3 Å². The van der Waals surface area contributed by atoms with E-state index < -0.39 is 0 Å². The van der Waals surface area contributed by atoms with E-state index in [1.165, 1.54) is 12.1 Å². The molecule has 13 heavy (non-hydrogen) atoms. The predicted octanol–water partition coefficient (Wildman–Crippen LogP) is 1.25. The highest BCUT2D eigenvalue weighted by Gasteiger charge is 2.03. The molecule has 2 N–H and O–H groups in total. The molecule has 0 saturated heterocycles. The molecule has 0 aromatic heterocycles. The lowest BCUT2D eigenvalue weighted by Gasteiger charge is -2.00. The van der Waals surface area contributed by atoms with Crippen LogP contribution in [0.25, 0.3) is 4.85 Å². The number of carbonyl (C=O) groups excluding carboxylic acids is 1. The van der Waals surface area contributed by atoms with E-state index >= 15 is 0 Å². The fourth-order valence-electron chi connectivity index (χ4n) is 0.856. The molecule has 0 saturated carbocycles. The van der Waals surface area contributed by atoms with Gasteiger partial charge in [0.2, 0.25) is 0 Å². The topological polar surface area (TPSA) is 53.7 Å². The Balaban J connectivity index is 2.65. The molecule has 0 fully saturated rings. The number of nitrogens with zero attached hydrogens (tertiary/aromatic N) is 1. The standard InChI is InChI=1S/C9H8N2O2/c1-10-6-9(13)11-7-3-2-4-8(12)5-7/h2-5,12H,6H2,(H,11,13). The second-order valence-electron chi connectivity index (χ2n) is 2.41. The van der Waals surface area contributed by atoms with Crippen LogP contribution >= 0.6 is 0 Å². The highest BCUT2D eigenvalue weighted by molar-refractivity contribution is 5.93. The third-order valence-corrected chi connectivity index (χ3v) is 1.35. The summed E-state index contributed by atoms with van der Waals surface area (Å²) in [4.78, 5) is 13.8. The van der Waals surface area contributed by atoms with Crippen LogP contribution < -0.4 is 5.32 Å². The first kappa shape index (κ1) is 9.07. The van der Waals surface area contributed by atoms with Crippen LogP contribution in [0.4, 0.5) is 5.69 Å². The van der Waals surface area contributed by atoms with Gasteiger partial charge in [-0.1, -0.05) is 6.07 Å². The molecule has 1 aromatic carbocycles. The van der Waals surface area contributed by atoms with Crippen LogP contribution in [0.2, 0.25) is 0 Å². The number of nitrogens with one attached hydrogen (secondary N) is 1. The summed E-state index contributed by atoms with van der Waals surface area (Å²) in [5.74, 6) is -0.291. The average Bonchev–Trinajstić information content (AvgIpc) is 2.04. The summed E-state index contributed by atoms with van der Waals surface area (Å²) >= 11 is 0. The maximum Gasteiger partial charge on any atom is 0.304 e. The molecule has 1 amide bonds. The number of aromatic hydroxyl groups is 1. The van der Waals surface area contributed by atoms with Crippen LogP contribution in [-0.2, 0) is 4.79 Å². The summed E-state index contributed by atoms with van der Waals surface area (Å²) in [6.45, 7) is 6.26. The van der Waals surface area contributed by atoms with E-state index in [-0.39, 0.29) is 18.2 Å². The molecule has 1 rings (SSSR count). The average molecular weight is 176 g/mol. The van der Waals surface area contributed by atoms with Crippen LogP contribution in [-0.4, -0.2) is 17.6 Å². The van der Waals surface area contributed by atoms with Crippen molar-refractivity contribution in [2.75, 3.05) is 11.9 Å². The zero-order valence-corrected chi connectivity index (χ0v) is 6.82. The minimum atomic E-state index is -0.374. The highest BCUT2D eigenvalue weighted by atomic mass is 16.3. The lowest BCUT2D eigenvalue weighted by atomic mass is 10.3. The van der Waals surface area contributed by atoms with Crippen molar-refractivity contribution in [2.24, 2.45) is 0 Å². The zero-order valence-electron chi connectivity index (χ0n) is 6.82. The highest BCUT2D eigenvalue weighted by Crippen LogP contribution is 2.14. The third kappa shape index (κ3) is 2.83. The van der Waals surface area contributed by atoms with Crippen molar-refractivity contribution in [3.63, 3.8) is 0 Å². The minimum Gasteiger partial charge on any atom is -0.508 e. The molecule has 0 radical (unpaired) electrons. The summed E-state index contributed by atoms with van der Waals surface area (Å²) in [5.41, 5.74) is 0.494. The van der Waals surface area contributed by atoms with Gasteiger partial charge in [0.05, 0.1) is 0 Å². The maximum atomic E-state index is 10.9. The minimum absolute atomic E-state index is 0.0839. The fourth-order valence-corrected chi connectivity index (χ4v) is 0.856. The van der Waals surface area contributed by atoms with E-state index in [0.29, 0.717) is 5.69 Å². The molecule has 4 heteroatoms. The monoisotopic (exact) mass is 176 g/mol. The summed E-state index contributed by atoms with van der Waals surface area (Å²) in [6, 6.07) is 6.18. The molecule has 4 nitrogen and oxygen atoms in total. The van der Waals surface area contributed by atoms with E-state index in [1.54, 1.807) is 12.1 Å². The quantitative estimate of drug-likeness (QED) is 0.666. The number of hydrogen-bond acceptors (Lipinski definition) is 2. The van der Waals surface area contributed by atoms with E-state index in [0.717, 1.165) is 0 Å². The van der Waals surface area contributed by atoms with Gasteiger partial charge < -0.3 is 15.3 Å². The molecule has 1 aromatic rings. The van der Waals surface area contributed by atoms with Crippen molar-refractivity contribution in [1.29, 1.82) is 0 Å². The number of carbonyl (C=O) groups is 1. The second-order valence-corrected chi connectivity index (χ2v) is 2.41. The number of rotatable bonds is 2. The van der Waals surface area contributed by atoms with E-state index in [2.05, 4.69) is 10.2 Å². The first-order chi connectivity index (χ1) is 6.22. The number of amides is 1. The first-order valence-electron chi connectivity index (χ1n) is 3.64. The summed E-state index contributed by atoms with van der Waals surface area (Å²) in [7, 11) is 0. The molecule has 0 heterocycles. The van der Waals surface area contributed by atoms with Crippen LogP contribution in [0.1, 0.15) is 0 Å². The summed E-state index contributed by atoms with van der Waals surface area (Å²) in [5, 5.41) is 11.5. The second kappa shape index (κ2) is 4.12. The number of benzene rings is 1. The van der Waals surface area contributed by atoms with Gasteiger partial charge in [-0.05, 0) is 12.1 Å². The summed E-state index contributed by atoms with van der Waals surface area (Å²) in [6.07, 6.45) is 0. The van der Waals surface area contributed by atoms with Gasteiger partial charge >= 0.3 is 5.91 Å². The Hall–Kier alpha value is -2.02. The van der Waals surface area contributed by atoms with Crippen LogP contribution in [0.3, 0.4) is 0 Å². The largest absolute Gasteiger partial charge is 0.508 e. The van der Waals surface area contributed by atoms with Crippen LogP contribution in [0, 0.1) is 6.57 Å². The molecule has 0 aliphatic carbocycles. The van der Waals surface area contributed by atoms with E-state index in [9.17, 15) is 4.79 Å². The van der Waals surface area contributed by atoms with Crippen LogP contribution in [0.5, 0.6) is 5.75 Å². The lowest BCUT2D eigenvalue weighted by Crippen LogP contribution is -2.13. The van der Waals surface area contributed by atoms with Crippen molar-refractivity contribution in [3.8, 4) is 5.75 Å². The Morgan fingerprint density at radius 3 is 3.00 bits per heavy atom. The Morgan fingerprint density at radius 1 is 1.62 bits per heavy atom. The normalized spacial score (nSPS) is 8.85. The molecule has 0 aliphatic heterocycles. The third-order valence-electron chi connectivity index (χ3n) is 1.35. The number of anilines is 1. The SMILES string of the molecule is [C-]#[N+]CC(=O)Nc1cccc(O)c1. The van der Waals surface area contributed by atoms with Gasteiger partial charge in [0.15, 0.2) is 0 Å². The van der Waals surface area contributed by atoms with Gasteiger partial charge in [0.25, 0.3) is 6.54 Å². The zero-order chi connectivity index (χ0) is 9.68. The van der Waals surface area contributed by atoms with E-state index in [4.69, 9.17) is 11.7 Å². The number of phenolic OH excluding ortho intramolecular Hbond substituents is 1. The van der Waals surface area contributed by atoms with Gasteiger partial charge in [-0.15, -0.1) is 0 Å². The van der Waals surface area contributed by atoms with Crippen molar-refractivity contribution in [2.45, 2.75) is 0 Å². The van der Waals surface area contributed by atoms with Gasteiger partial charge in [0, 0.05) is 11.8 Å². The van der Waals surface area contributed by atoms with Crippen molar-refractivity contribution in [3.05, 3.63) is 35.7 Å². The molecular formula is C9H8N2O2.